The van der Waals surface area contributed by atoms with Crippen molar-refractivity contribution in [1.29, 1.82) is 0 Å². The van der Waals surface area contributed by atoms with Crippen molar-refractivity contribution in [1.82, 2.24) is 14.5 Å². The number of allylic oxidation sites excluding steroid dienone is 1. The Kier molecular flexibility index (Phi) is 3.73. The number of nitrogens with zero attached hydrogens (tertiary/aromatic N) is 3. The van der Waals surface area contributed by atoms with Gasteiger partial charge >= 0.3 is 5.76 Å². The molecule has 1 saturated heterocycles. The lowest BCUT2D eigenvalue weighted by Crippen LogP contribution is -2.23. The van der Waals surface area contributed by atoms with Crippen LogP contribution < -0.4 is 5.76 Å². The number of rotatable bonds is 4. The summed E-state index contributed by atoms with van der Waals surface area (Å²) in [5.41, 5.74) is 2.96. The minimum atomic E-state index is -0.569. The number of fused-ring (bicyclic) bond motifs is 3. The molecule has 2 aromatic heterocycles. The topological polar surface area (TPSA) is 51.3 Å². The van der Waals surface area contributed by atoms with Gasteiger partial charge in [-0.3, -0.25) is 0 Å². The molecule has 0 saturated carbocycles. The lowest BCUT2D eigenvalue weighted by Gasteiger charge is -2.15. The van der Waals surface area contributed by atoms with Crippen LogP contribution in [0.5, 0.6) is 0 Å². The number of aromatic nitrogens is 2. The zero-order valence-corrected chi connectivity index (χ0v) is 13.9. The van der Waals surface area contributed by atoms with E-state index in [1.54, 1.807) is 0 Å². The summed E-state index contributed by atoms with van der Waals surface area (Å²) < 4.78 is 7.68. The van der Waals surface area contributed by atoms with Gasteiger partial charge in [-0.05, 0) is 50.6 Å². The first-order chi connectivity index (χ1) is 11.6. The molecule has 0 aliphatic carbocycles. The van der Waals surface area contributed by atoms with E-state index < -0.39 is 5.76 Å². The van der Waals surface area contributed by atoms with E-state index in [4.69, 9.17) is 4.42 Å². The van der Waals surface area contributed by atoms with Gasteiger partial charge in [-0.25, -0.2) is 4.79 Å². The third-order valence-corrected chi connectivity index (χ3v) is 4.79. The van der Waals surface area contributed by atoms with Crippen LogP contribution in [-0.2, 0) is 6.54 Å². The van der Waals surface area contributed by atoms with Gasteiger partial charge in [0, 0.05) is 30.1 Å². The number of benzene rings is 1. The summed E-state index contributed by atoms with van der Waals surface area (Å²) >= 11 is 0. The van der Waals surface area contributed by atoms with Gasteiger partial charge in [-0.1, -0.05) is 12.6 Å². The fourth-order valence-electron chi connectivity index (χ4n) is 3.58. The standard InChI is InChI=1S/C19H21N3O2/c1-13(2)16-15-6-5-14-7-10-22(12-11-21-8-3-4-9-21)17(14)18(15)24-19(23)20-16/h5-7,10H,1,3-4,8-9,11-12H2,2H3. The Bertz CT molecular complexity index is 977. The summed E-state index contributed by atoms with van der Waals surface area (Å²) in [6.07, 6.45) is 4.65. The molecule has 4 rings (SSSR count). The molecule has 3 heterocycles. The highest BCUT2D eigenvalue weighted by atomic mass is 16.4. The minimum Gasteiger partial charge on any atom is -0.406 e. The molecule has 1 fully saturated rings. The molecule has 3 aromatic rings. The van der Waals surface area contributed by atoms with E-state index in [1.807, 2.05) is 13.0 Å². The highest BCUT2D eigenvalue weighted by Crippen LogP contribution is 2.29. The fourth-order valence-corrected chi connectivity index (χ4v) is 3.58. The molecule has 0 amide bonds. The maximum Gasteiger partial charge on any atom is 0.439 e. The van der Waals surface area contributed by atoms with Gasteiger partial charge in [0.2, 0.25) is 0 Å². The van der Waals surface area contributed by atoms with Gasteiger partial charge in [-0.2, -0.15) is 4.98 Å². The summed E-state index contributed by atoms with van der Waals surface area (Å²) in [4.78, 5) is 18.4. The molecule has 1 aliphatic heterocycles. The van der Waals surface area contributed by atoms with Crippen LogP contribution in [0.1, 0.15) is 25.5 Å². The SMILES string of the molecule is C=C(C)c1nc(=O)oc2c1ccc1ccn(CCN3CCCC3)c12. The fraction of sp³-hybridized carbons (Fsp3) is 0.368. The van der Waals surface area contributed by atoms with E-state index in [1.165, 1.54) is 25.9 Å². The number of hydrogen-bond donors (Lipinski definition) is 0. The predicted molar refractivity (Wildman–Crippen MR) is 96.2 cm³/mol. The molecule has 0 radical (unpaired) electrons. The average molecular weight is 323 g/mol. The largest absolute Gasteiger partial charge is 0.439 e. The van der Waals surface area contributed by atoms with E-state index in [2.05, 4.69) is 39.4 Å². The van der Waals surface area contributed by atoms with Gasteiger partial charge in [0.15, 0.2) is 5.58 Å². The molecule has 5 nitrogen and oxygen atoms in total. The zero-order chi connectivity index (χ0) is 16.7. The van der Waals surface area contributed by atoms with Gasteiger partial charge in [0.1, 0.15) is 0 Å². The Morgan fingerprint density at radius 2 is 2.04 bits per heavy atom. The van der Waals surface area contributed by atoms with E-state index in [-0.39, 0.29) is 0 Å². The number of likely N-dealkylation sites (tertiary alicyclic amines) is 1. The van der Waals surface area contributed by atoms with E-state index in [0.717, 1.165) is 35.0 Å². The molecule has 0 atom stereocenters. The second-order valence-electron chi connectivity index (χ2n) is 6.55. The lowest BCUT2D eigenvalue weighted by molar-refractivity contribution is 0.324. The molecule has 0 bridgehead atoms. The molecule has 0 spiro atoms. The maximum atomic E-state index is 11.9. The van der Waals surface area contributed by atoms with Crippen molar-refractivity contribution in [3.05, 3.63) is 47.2 Å². The van der Waals surface area contributed by atoms with Crippen LogP contribution in [0, 0.1) is 0 Å². The lowest BCUT2D eigenvalue weighted by atomic mass is 10.1. The van der Waals surface area contributed by atoms with E-state index in [0.29, 0.717) is 11.3 Å². The van der Waals surface area contributed by atoms with Crippen LogP contribution in [0.3, 0.4) is 0 Å². The zero-order valence-electron chi connectivity index (χ0n) is 13.9. The molecule has 0 N–H and O–H groups in total. The molecular formula is C19H21N3O2. The molecule has 1 aliphatic rings. The van der Waals surface area contributed by atoms with Crippen molar-refractivity contribution in [3.63, 3.8) is 0 Å². The van der Waals surface area contributed by atoms with Crippen LogP contribution in [0.15, 0.2) is 40.2 Å². The smallest absolute Gasteiger partial charge is 0.406 e. The third kappa shape index (κ3) is 2.55. The Morgan fingerprint density at radius 1 is 1.25 bits per heavy atom. The monoisotopic (exact) mass is 323 g/mol. The second kappa shape index (κ2) is 5.91. The molecule has 24 heavy (non-hydrogen) atoms. The van der Waals surface area contributed by atoms with Gasteiger partial charge < -0.3 is 13.9 Å². The van der Waals surface area contributed by atoms with Crippen LogP contribution in [0.2, 0.25) is 0 Å². The van der Waals surface area contributed by atoms with E-state index in [9.17, 15) is 4.79 Å². The highest BCUT2D eigenvalue weighted by Gasteiger charge is 2.15. The van der Waals surface area contributed by atoms with Crippen LogP contribution in [-0.4, -0.2) is 34.1 Å². The molecular weight excluding hydrogens is 302 g/mol. The van der Waals surface area contributed by atoms with Gasteiger partial charge in [-0.15, -0.1) is 0 Å². The first kappa shape index (κ1) is 15.1. The molecule has 1 aromatic carbocycles. The summed E-state index contributed by atoms with van der Waals surface area (Å²) in [6, 6.07) is 6.08. The predicted octanol–water partition coefficient (Wildman–Crippen LogP) is 3.27. The van der Waals surface area contributed by atoms with Crippen molar-refractivity contribution in [2.45, 2.75) is 26.3 Å². The van der Waals surface area contributed by atoms with Crippen molar-refractivity contribution in [2.75, 3.05) is 19.6 Å². The normalized spacial score (nSPS) is 15.5. The molecule has 5 heteroatoms. The molecule has 0 unspecified atom stereocenters. The Morgan fingerprint density at radius 3 is 2.79 bits per heavy atom. The first-order valence-corrected chi connectivity index (χ1v) is 8.44. The Balaban J connectivity index is 1.85. The van der Waals surface area contributed by atoms with Crippen LogP contribution >= 0.6 is 0 Å². The van der Waals surface area contributed by atoms with Crippen molar-refractivity contribution in [3.8, 4) is 0 Å². The van der Waals surface area contributed by atoms with Crippen molar-refractivity contribution >= 4 is 27.4 Å². The quantitative estimate of drug-likeness (QED) is 0.739. The van der Waals surface area contributed by atoms with Gasteiger partial charge in [0.25, 0.3) is 0 Å². The summed E-state index contributed by atoms with van der Waals surface area (Å²) in [5.74, 6) is -0.569. The maximum absolute atomic E-state index is 11.9. The van der Waals surface area contributed by atoms with Gasteiger partial charge in [0.05, 0.1) is 11.2 Å². The van der Waals surface area contributed by atoms with Crippen LogP contribution in [0.4, 0.5) is 0 Å². The summed E-state index contributed by atoms with van der Waals surface area (Å²) in [5, 5.41) is 1.92. The van der Waals surface area contributed by atoms with Crippen LogP contribution in [0.25, 0.3) is 27.4 Å². The first-order valence-electron chi connectivity index (χ1n) is 8.44. The highest BCUT2D eigenvalue weighted by molar-refractivity contribution is 6.05. The molecule has 124 valence electrons. The number of hydrogen-bond acceptors (Lipinski definition) is 4. The van der Waals surface area contributed by atoms with E-state index >= 15 is 0 Å². The average Bonchev–Trinajstić information content (AvgIpc) is 3.21. The van der Waals surface area contributed by atoms with Crippen molar-refractivity contribution < 1.29 is 4.42 Å². The minimum absolute atomic E-state index is 0.569. The van der Waals surface area contributed by atoms with Crippen molar-refractivity contribution in [2.24, 2.45) is 0 Å². The summed E-state index contributed by atoms with van der Waals surface area (Å²) in [7, 11) is 0. The Labute approximate surface area is 140 Å². The Hall–Kier alpha value is -2.40. The second-order valence-corrected chi connectivity index (χ2v) is 6.55. The summed E-state index contributed by atoms with van der Waals surface area (Å²) in [6.45, 7) is 10.1. The third-order valence-electron chi connectivity index (χ3n) is 4.79.